The van der Waals surface area contributed by atoms with E-state index in [1.807, 2.05) is 85.7 Å². The normalized spacial score (nSPS) is 10.9. The molecule has 6 heteroatoms. The first-order chi connectivity index (χ1) is 14.0. The molecule has 0 atom stereocenters. The van der Waals surface area contributed by atoms with Crippen LogP contribution >= 0.6 is 11.6 Å². The van der Waals surface area contributed by atoms with Crippen LogP contribution in [0.2, 0.25) is 5.02 Å². The van der Waals surface area contributed by atoms with Crippen LogP contribution in [-0.4, -0.2) is 23.8 Å². The van der Waals surface area contributed by atoms with Crippen LogP contribution < -0.4 is 15.9 Å². The number of rotatable bonds is 5. The number of fused-ring (bicyclic) bond motifs is 1. The molecule has 0 saturated heterocycles. The molecule has 146 valence electrons. The summed E-state index contributed by atoms with van der Waals surface area (Å²) in [5.74, 6) is 0.577. The number of nitrogens with one attached hydrogen (secondary N) is 1. The largest absolute Gasteiger partial charge is 0.378 e. The average molecular weight is 405 g/mol. The molecule has 3 aromatic carbocycles. The number of aromatic nitrogens is 2. The van der Waals surface area contributed by atoms with Crippen molar-refractivity contribution in [2.75, 3.05) is 24.4 Å². The van der Waals surface area contributed by atoms with Crippen LogP contribution in [-0.2, 0) is 6.54 Å². The summed E-state index contributed by atoms with van der Waals surface area (Å²) in [6.45, 7) is 0.472. The summed E-state index contributed by atoms with van der Waals surface area (Å²) >= 11 is 5.97. The first kappa shape index (κ1) is 19.0. The van der Waals surface area contributed by atoms with E-state index in [1.165, 1.54) is 4.68 Å². The Kier molecular flexibility index (Phi) is 5.23. The Balaban J connectivity index is 1.79. The highest BCUT2D eigenvalue weighted by Gasteiger charge is 2.13. The molecule has 0 spiro atoms. The van der Waals surface area contributed by atoms with Gasteiger partial charge >= 0.3 is 0 Å². The number of nitrogens with zero attached hydrogens (tertiary/aromatic N) is 3. The maximum absolute atomic E-state index is 13.2. The van der Waals surface area contributed by atoms with E-state index in [9.17, 15) is 4.79 Å². The van der Waals surface area contributed by atoms with Gasteiger partial charge in [0.05, 0.1) is 17.4 Å². The van der Waals surface area contributed by atoms with Gasteiger partial charge in [-0.2, -0.15) is 0 Å². The van der Waals surface area contributed by atoms with Crippen molar-refractivity contribution in [3.05, 3.63) is 93.7 Å². The van der Waals surface area contributed by atoms with Crippen molar-refractivity contribution in [3.63, 3.8) is 0 Å². The topological polar surface area (TPSA) is 50.2 Å². The molecule has 1 aromatic heterocycles. The maximum atomic E-state index is 13.2. The molecule has 29 heavy (non-hydrogen) atoms. The zero-order valence-corrected chi connectivity index (χ0v) is 17.0. The number of para-hydroxylation sites is 1. The van der Waals surface area contributed by atoms with Gasteiger partial charge in [0, 0.05) is 30.4 Å². The first-order valence-electron chi connectivity index (χ1n) is 9.31. The second-order valence-corrected chi connectivity index (χ2v) is 7.43. The third kappa shape index (κ3) is 3.96. The van der Waals surface area contributed by atoms with Gasteiger partial charge in [0.15, 0.2) is 5.82 Å². The molecule has 1 heterocycles. The lowest BCUT2D eigenvalue weighted by Crippen LogP contribution is -2.31. The van der Waals surface area contributed by atoms with Gasteiger partial charge < -0.3 is 10.3 Å². The summed E-state index contributed by atoms with van der Waals surface area (Å²) in [6, 6.07) is 22.9. The van der Waals surface area contributed by atoms with Crippen LogP contribution in [0.25, 0.3) is 22.3 Å². The summed E-state index contributed by atoms with van der Waals surface area (Å²) < 4.78 is 1.53. The summed E-state index contributed by atoms with van der Waals surface area (Å²) in [5.41, 5.74) is 6.74. The molecule has 0 aliphatic carbocycles. The van der Waals surface area contributed by atoms with Gasteiger partial charge in [-0.15, -0.1) is 0 Å². The van der Waals surface area contributed by atoms with Crippen molar-refractivity contribution in [1.29, 1.82) is 0 Å². The SMILES string of the molecule is CN(C)c1ccc(-c2nc3ccccc3c(=O)n2NCc2ccc(Cl)cc2)cc1. The zero-order valence-electron chi connectivity index (χ0n) is 16.3. The molecule has 0 saturated carbocycles. The van der Waals surface area contributed by atoms with E-state index in [0.717, 1.165) is 16.8 Å². The molecule has 0 aliphatic rings. The number of hydrogen-bond acceptors (Lipinski definition) is 4. The monoisotopic (exact) mass is 404 g/mol. The predicted octanol–water partition coefficient (Wildman–Crippen LogP) is 4.53. The van der Waals surface area contributed by atoms with Gasteiger partial charge in [-0.05, 0) is 54.1 Å². The Morgan fingerprint density at radius 1 is 0.966 bits per heavy atom. The molecule has 4 rings (SSSR count). The van der Waals surface area contributed by atoms with Gasteiger partial charge in [-0.25, -0.2) is 9.66 Å². The predicted molar refractivity (Wildman–Crippen MR) is 120 cm³/mol. The average Bonchev–Trinajstić information content (AvgIpc) is 2.74. The van der Waals surface area contributed by atoms with E-state index in [0.29, 0.717) is 28.3 Å². The molecule has 0 bridgehead atoms. The minimum Gasteiger partial charge on any atom is -0.378 e. The molecular weight excluding hydrogens is 384 g/mol. The van der Waals surface area contributed by atoms with Crippen molar-refractivity contribution in [2.45, 2.75) is 6.54 Å². The second kappa shape index (κ2) is 7.97. The lowest BCUT2D eigenvalue weighted by Gasteiger charge is -2.17. The maximum Gasteiger partial charge on any atom is 0.280 e. The Labute approximate surface area is 174 Å². The Hall–Kier alpha value is -3.31. The smallest absolute Gasteiger partial charge is 0.280 e. The zero-order chi connectivity index (χ0) is 20.4. The number of anilines is 1. The number of hydrogen-bond donors (Lipinski definition) is 1. The molecule has 5 nitrogen and oxygen atoms in total. The summed E-state index contributed by atoms with van der Waals surface area (Å²) in [5, 5.41) is 1.25. The van der Waals surface area contributed by atoms with Gasteiger partial charge in [-0.1, -0.05) is 35.9 Å². The molecule has 4 aromatic rings. The number of halogens is 1. The van der Waals surface area contributed by atoms with Crippen LogP contribution in [0.4, 0.5) is 5.69 Å². The van der Waals surface area contributed by atoms with Crippen molar-refractivity contribution in [2.24, 2.45) is 0 Å². The molecule has 0 aliphatic heterocycles. The quantitative estimate of drug-likeness (QED) is 0.531. The van der Waals surface area contributed by atoms with E-state index >= 15 is 0 Å². The lowest BCUT2D eigenvalue weighted by molar-refractivity contribution is 0.801. The van der Waals surface area contributed by atoms with Crippen molar-refractivity contribution < 1.29 is 0 Å². The van der Waals surface area contributed by atoms with Gasteiger partial charge in [0.2, 0.25) is 0 Å². The molecule has 0 amide bonds. The van der Waals surface area contributed by atoms with Gasteiger partial charge in [0.1, 0.15) is 0 Å². The van der Waals surface area contributed by atoms with E-state index in [2.05, 4.69) is 5.43 Å². The highest BCUT2D eigenvalue weighted by molar-refractivity contribution is 6.30. The van der Waals surface area contributed by atoms with Crippen LogP contribution in [0.1, 0.15) is 5.56 Å². The molecule has 0 fully saturated rings. The molecular formula is C23H21ClN4O. The summed E-state index contributed by atoms with van der Waals surface area (Å²) in [7, 11) is 3.99. The fraction of sp³-hybridized carbons (Fsp3) is 0.130. The highest BCUT2D eigenvalue weighted by Crippen LogP contribution is 2.22. The van der Waals surface area contributed by atoms with Crippen LogP contribution in [0, 0.1) is 0 Å². The highest BCUT2D eigenvalue weighted by atomic mass is 35.5. The molecule has 0 unspecified atom stereocenters. The van der Waals surface area contributed by atoms with Crippen molar-refractivity contribution >= 4 is 28.2 Å². The van der Waals surface area contributed by atoms with E-state index in [-0.39, 0.29) is 5.56 Å². The van der Waals surface area contributed by atoms with Crippen LogP contribution in [0.5, 0.6) is 0 Å². The van der Waals surface area contributed by atoms with Crippen molar-refractivity contribution in [3.8, 4) is 11.4 Å². The van der Waals surface area contributed by atoms with E-state index < -0.39 is 0 Å². The Bertz CT molecular complexity index is 1200. The summed E-state index contributed by atoms with van der Waals surface area (Å²) in [4.78, 5) is 20.0. The Morgan fingerprint density at radius 3 is 2.34 bits per heavy atom. The molecule has 1 N–H and O–H groups in total. The first-order valence-corrected chi connectivity index (χ1v) is 9.68. The van der Waals surface area contributed by atoms with E-state index in [1.54, 1.807) is 6.07 Å². The fourth-order valence-electron chi connectivity index (χ4n) is 3.15. The van der Waals surface area contributed by atoms with Gasteiger partial charge in [0.25, 0.3) is 5.56 Å². The Morgan fingerprint density at radius 2 is 1.66 bits per heavy atom. The fourth-order valence-corrected chi connectivity index (χ4v) is 3.28. The van der Waals surface area contributed by atoms with Crippen molar-refractivity contribution in [1.82, 2.24) is 9.66 Å². The lowest BCUT2D eigenvalue weighted by atomic mass is 10.1. The van der Waals surface area contributed by atoms with E-state index in [4.69, 9.17) is 16.6 Å². The third-order valence-electron chi connectivity index (χ3n) is 4.77. The summed E-state index contributed by atoms with van der Waals surface area (Å²) in [6.07, 6.45) is 0. The standard InChI is InChI=1S/C23H21ClN4O/c1-27(2)19-13-9-17(10-14-19)22-26-21-6-4-3-5-20(21)23(29)28(22)25-15-16-7-11-18(24)12-8-16/h3-14,25H,15H2,1-2H3. The van der Waals surface area contributed by atoms with Crippen LogP contribution in [0.3, 0.4) is 0 Å². The van der Waals surface area contributed by atoms with Gasteiger partial charge in [-0.3, -0.25) is 4.79 Å². The minimum absolute atomic E-state index is 0.128. The van der Waals surface area contributed by atoms with Crippen LogP contribution in [0.15, 0.2) is 77.6 Å². The second-order valence-electron chi connectivity index (χ2n) is 7.00. The molecule has 0 radical (unpaired) electrons. The third-order valence-corrected chi connectivity index (χ3v) is 5.02. The number of benzene rings is 3. The minimum atomic E-state index is -0.128.